The van der Waals surface area contributed by atoms with Crippen molar-refractivity contribution in [2.45, 2.75) is 6.54 Å². The predicted octanol–water partition coefficient (Wildman–Crippen LogP) is 2.96. The maximum Gasteiger partial charge on any atom is 0.255 e. The highest BCUT2D eigenvalue weighted by atomic mass is 35.5. The standard InChI is InChI=1S/C15H14ClFN2O2/c16-11-5-10(6-12(17)7-11)8-19-13-1-3-14(4-2-13)21-9-15(18)20/h1-7,19H,8-9H2,(H2,18,20). The molecule has 2 aromatic rings. The lowest BCUT2D eigenvalue weighted by molar-refractivity contribution is -0.119. The monoisotopic (exact) mass is 308 g/mol. The van der Waals surface area contributed by atoms with Crippen molar-refractivity contribution in [1.29, 1.82) is 0 Å². The molecule has 0 bridgehead atoms. The van der Waals surface area contributed by atoms with Gasteiger partial charge in [0.15, 0.2) is 6.61 Å². The molecule has 0 aliphatic rings. The molecule has 0 saturated carbocycles. The van der Waals surface area contributed by atoms with Crippen molar-refractivity contribution >= 4 is 23.2 Å². The van der Waals surface area contributed by atoms with Crippen molar-refractivity contribution in [2.75, 3.05) is 11.9 Å². The van der Waals surface area contributed by atoms with Gasteiger partial charge in [-0.3, -0.25) is 4.79 Å². The Morgan fingerprint density at radius 1 is 1.24 bits per heavy atom. The second kappa shape index (κ2) is 6.95. The van der Waals surface area contributed by atoms with Crippen molar-refractivity contribution in [3.05, 3.63) is 58.9 Å². The molecule has 1 amide bonds. The quantitative estimate of drug-likeness (QED) is 0.862. The van der Waals surface area contributed by atoms with Gasteiger partial charge in [0.2, 0.25) is 0 Å². The Morgan fingerprint density at radius 3 is 2.57 bits per heavy atom. The van der Waals surface area contributed by atoms with Crippen molar-refractivity contribution in [1.82, 2.24) is 0 Å². The molecule has 0 aliphatic carbocycles. The third-order valence-electron chi connectivity index (χ3n) is 2.65. The second-order valence-corrected chi connectivity index (χ2v) is 4.85. The zero-order valence-electron chi connectivity index (χ0n) is 11.1. The fraction of sp³-hybridized carbons (Fsp3) is 0.133. The number of benzene rings is 2. The van der Waals surface area contributed by atoms with E-state index >= 15 is 0 Å². The number of carbonyl (C=O) groups is 1. The van der Waals surface area contributed by atoms with Gasteiger partial charge in [-0.1, -0.05) is 11.6 Å². The highest BCUT2D eigenvalue weighted by Crippen LogP contribution is 2.18. The van der Waals surface area contributed by atoms with Crippen LogP contribution in [0.2, 0.25) is 5.02 Å². The largest absolute Gasteiger partial charge is 0.484 e. The summed E-state index contributed by atoms with van der Waals surface area (Å²) in [4.78, 5) is 10.6. The minimum absolute atomic E-state index is 0.158. The van der Waals surface area contributed by atoms with Crippen molar-refractivity contribution in [2.24, 2.45) is 5.73 Å². The van der Waals surface area contributed by atoms with Gasteiger partial charge in [-0.25, -0.2) is 4.39 Å². The first-order valence-electron chi connectivity index (χ1n) is 6.23. The summed E-state index contributed by atoms with van der Waals surface area (Å²) >= 11 is 5.79. The van der Waals surface area contributed by atoms with Crippen LogP contribution in [-0.2, 0) is 11.3 Å². The molecule has 0 radical (unpaired) electrons. The SMILES string of the molecule is NC(=O)COc1ccc(NCc2cc(F)cc(Cl)c2)cc1. The fourth-order valence-electron chi connectivity index (χ4n) is 1.74. The topological polar surface area (TPSA) is 64.4 Å². The van der Waals surface area contributed by atoms with E-state index in [2.05, 4.69) is 5.32 Å². The first-order valence-corrected chi connectivity index (χ1v) is 6.61. The van der Waals surface area contributed by atoms with Gasteiger partial charge in [0, 0.05) is 17.3 Å². The van der Waals surface area contributed by atoms with Crippen LogP contribution in [0.25, 0.3) is 0 Å². The van der Waals surface area contributed by atoms with Crippen LogP contribution in [0, 0.1) is 5.82 Å². The molecule has 0 aromatic heterocycles. The van der Waals surface area contributed by atoms with Gasteiger partial charge in [-0.2, -0.15) is 0 Å². The molecule has 4 nitrogen and oxygen atoms in total. The first kappa shape index (κ1) is 15.1. The summed E-state index contributed by atoms with van der Waals surface area (Å²) in [7, 11) is 0. The Balaban J connectivity index is 1.92. The summed E-state index contributed by atoms with van der Waals surface area (Å²) in [5.41, 5.74) is 6.57. The maximum atomic E-state index is 13.2. The van der Waals surface area contributed by atoms with Crippen LogP contribution in [0.1, 0.15) is 5.56 Å². The molecule has 3 N–H and O–H groups in total. The van der Waals surface area contributed by atoms with E-state index in [1.807, 2.05) is 0 Å². The molecule has 0 spiro atoms. The Hall–Kier alpha value is -2.27. The van der Waals surface area contributed by atoms with E-state index in [1.165, 1.54) is 12.1 Å². The summed E-state index contributed by atoms with van der Waals surface area (Å²) in [5.74, 6) is -0.345. The number of nitrogens with one attached hydrogen (secondary N) is 1. The zero-order valence-corrected chi connectivity index (χ0v) is 11.9. The number of amides is 1. The molecular weight excluding hydrogens is 295 g/mol. The Labute approximate surface area is 126 Å². The van der Waals surface area contributed by atoms with E-state index in [0.29, 0.717) is 17.3 Å². The third-order valence-corrected chi connectivity index (χ3v) is 2.87. The summed E-state index contributed by atoms with van der Waals surface area (Å²) in [6.45, 7) is 0.285. The average molecular weight is 309 g/mol. The first-order chi connectivity index (χ1) is 10.0. The number of rotatable bonds is 6. The van der Waals surface area contributed by atoms with E-state index in [4.69, 9.17) is 22.1 Å². The lowest BCUT2D eigenvalue weighted by Crippen LogP contribution is -2.19. The lowest BCUT2D eigenvalue weighted by atomic mass is 10.2. The van der Waals surface area contributed by atoms with Crippen LogP contribution in [0.5, 0.6) is 5.75 Å². The van der Waals surface area contributed by atoms with Gasteiger partial charge in [0.1, 0.15) is 11.6 Å². The summed E-state index contributed by atoms with van der Waals surface area (Å²) in [5, 5.41) is 3.50. The van der Waals surface area contributed by atoms with Gasteiger partial charge in [-0.05, 0) is 48.0 Å². The number of carbonyl (C=O) groups excluding carboxylic acids is 1. The van der Waals surface area contributed by atoms with Crippen LogP contribution in [0.3, 0.4) is 0 Å². The second-order valence-electron chi connectivity index (χ2n) is 4.41. The summed E-state index contributed by atoms with van der Waals surface area (Å²) in [6, 6.07) is 11.4. The number of halogens is 2. The lowest BCUT2D eigenvalue weighted by Gasteiger charge is -2.09. The molecule has 0 aliphatic heterocycles. The Bertz CT molecular complexity index is 612. The maximum absolute atomic E-state index is 13.2. The van der Waals surface area contributed by atoms with Crippen LogP contribution < -0.4 is 15.8 Å². The smallest absolute Gasteiger partial charge is 0.255 e. The Kier molecular flexibility index (Phi) is 5.00. The number of anilines is 1. The highest BCUT2D eigenvalue weighted by molar-refractivity contribution is 6.30. The minimum atomic E-state index is -0.528. The van der Waals surface area contributed by atoms with E-state index in [9.17, 15) is 9.18 Å². The molecule has 21 heavy (non-hydrogen) atoms. The van der Waals surface area contributed by atoms with E-state index < -0.39 is 5.91 Å². The van der Waals surface area contributed by atoms with Crippen LogP contribution in [0.15, 0.2) is 42.5 Å². The zero-order chi connectivity index (χ0) is 15.2. The van der Waals surface area contributed by atoms with Crippen molar-refractivity contribution < 1.29 is 13.9 Å². The summed E-state index contributed by atoms with van der Waals surface area (Å²) in [6.07, 6.45) is 0. The molecule has 0 fully saturated rings. The molecule has 110 valence electrons. The number of primary amides is 1. The summed E-state index contributed by atoms with van der Waals surface area (Å²) < 4.78 is 18.3. The van der Waals surface area contributed by atoms with Gasteiger partial charge < -0.3 is 15.8 Å². The third kappa shape index (κ3) is 4.96. The number of hydrogen-bond acceptors (Lipinski definition) is 3. The molecule has 0 unspecified atom stereocenters. The van der Waals surface area contributed by atoms with Crippen LogP contribution >= 0.6 is 11.6 Å². The average Bonchev–Trinajstić information content (AvgIpc) is 2.43. The number of ether oxygens (including phenoxy) is 1. The van der Waals surface area contributed by atoms with E-state index in [0.717, 1.165) is 11.3 Å². The molecule has 6 heteroatoms. The highest BCUT2D eigenvalue weighted by Gasteiger charge is 2.01. The molecule has 0 saturated heterocycles. The fourth-order valence-corrected chi connectivity index (χ4v) is 1.98. The molecule has 0 heterocycles. The van der Waals surface area contributed by atoms with Gasteiger partial charge in [-0.15, -0.1) is 0 Å². The predicted molar refractivity (Wildman–Crippen MR) is 79.9 cm³/mol. The van der Waals surface area contributed by atoms with Gasteiger partial charge in [0.05, 0.1) is 0 Å². The minimum Gasteiger partial charge on any atom is -0.484 e. The normalized spacial score (nSPS) is 10.2. The molecule has 2 aromatic carbocycles. The van der Waals surface area contributed by atoms with E-state index in [-0.39, 0.29) is 12.4 Å². The molecule has 0 atom stereocenters. The number of nitrogens with two attached hydrogens (primary N) is 1. The van der Waals surface area contributed by atoms with Gasteiger partial charge in [0.25, 0.3) is 5.91 Å². The van der Waals surface area contributed by atoms with Crippen LogP contribution in [0.4, 0.5) is 10.1 Å². The van der Waals surface area contributed by atoms with Crippen molar-refractivity contribution in [3.8, 4) is 5.75 Å². The molecular formula is C15H14ClFN2O2. The Morgan fingerprint density at radius 2 is 1.95 bits per heavy atom. The van der Waals surface area contributed by atoms with Crippen molar-refractivity contribution in [3.63, 3.8) is 0 Å². The van der Waals surface area contributed by atoms with Crippen LogP contribution in [-0.4, -0.2) is 12.5 Å². The molecule has 2 rings (SSSR count). The number of hydrogen-bond donors (Lipinski definition) is 2. The van der Waals surface area contributed by atoms with Gasteiger partial charge >= 0.3 is 0 Å². The van der Waals surface area contributed by atoms with E-state index in [1.54, 1.807) is 30.3 Å².